The average molecular weight is 261 g/mol. The van der Waals surface area contributed by atoms with Crippen LogP contribution in [0.5, 0.6) is 0 Å². The van der Waals surface area contributed by atoms with Gasteiger partial charge in [0, 0.05) is 37.6 Å². The van der Waals surface area contributed by atoms with Gasteiger partial charge >= 0.3 is 0 Å². The number of rotatable bonds is 3. The molecule has 0 radical (unpaired) electrons. The minimum absolute atomic E-state index is 0.519. The Morgan fingerprint density at radius 3 is 3.17 bits per heavy atom. The zero-order chi connectivity index (χ0) is 12.4. The molecule has 1 aliphatic heterocycles. The molecule has 0 bridgehead atoms. The first-order valence-electron chi connectivity index (χ1n) is 6.04. The van der Waals surface area contributed by atoms with Crippen molar-refractivity contribution in [1.29, 1.82) is 0 Å². The van der Waals surface area contributed by atoms with Gasteiger partial charge in [0.1, 0.15) is 5.01 Å². The molecule has 1 atom stereocenters. The van der Waals surface area contributed by atoms with Crippen LogP contribution < -0.4 is 10.6 Å². The van der Waals surface area contributed by atoms with Crippen molar-refractivity contribution in [2.24, 2.45) is 0 Å². The molecule has 0 aliphatic carbocycles. The molecule has 0 aromatic carbocycles. The molecule has 0 saturated carbocycles. The molecular weight excluding hydrogens is 246 g/mol. The van der Waals surface area contributed by atoms with E-state index in [0.717, 1.165) is 40.8 Å². The number of nitrogens with zero attached hydrogens (tertiary/aromatic N) is 3. The molecule has 5 nitrogen and oxygen atoms in total. The maximum Gasteiger partial charge on any atom is 0.151 e. The van der Waals surface area contributed by atoms with Crippen molar-refractivity contribution >= 4 is 17.0 Å². The topological polar surface area (TPSA) is 62.7 Å². The second-order valence-electron chi connectivity index (χ2n) is 4.31. The number of hydrogen-bond donors (Lipinski definition) is 2. The number of anilines is 1. The number of hydrogen-bond acceptors (Lipinski definition) is 6. The summed E-state index contributed by atoms with van der Waals surface area (Å²) >= 11 is 1.67. The Kier molecular flexibility index (Phi) is 3.21. The van der Waals surface area contributed by atoms with E-state index in [0.29, 0.717) is 5.92 Å². The minimum atomic E-state index is 0.519. The Bertz CT molecular complexity index is 533. The highest BCUT2D eigenvalue weighted by Gasteiger charge is 2.21. The van der Waals surface area contributed by atoms with Crippen LogP contribution in [0, 0.1) is 0 Å². The monoisotopic (exact) mass is 261 g/mol. The fourth-order valence-corrected chi connectivity index (χ4v) is 3.16. The van der Waals surface area contributed by atoms with Gasteiger partial charge in [-0.1, -0.05) is 11.3 Å². The summed E-state index contributed by atoms with van der Waals surface area (Å²) < 4.78 is 0. The summed E-state index contributed by atoms with van der Waals surface area (Å²) in [6, 6.07) is 1.95. The lowest BCUT2D eigenvalue weighted by molar-refractivity contribution is 0.741. The van der Waals surface area contributed by atoms with Crippen LogP contribution >= 0.6 is 11.3 Å². The Morgan fingerprint density at radius 1 is 1.44 bits per heavy atom. The molecule has 0 spiro atoms. The van der Waals surface area contributed by atoms with Gasteiger partial charge in [0.15, 0.2) is 5.01 Å². The highest BCUT2D eigenvalue weighted by molar-refractivity contribution is 7.14. The zero-order valence-corrected chi connectivity index (χ0v) is 11.0. The molecule has 2 aromatic rings. The molecule has 1 aliphatic rings. The summed E-state index contributed by atoms with van der Waals surface area (Å²) in [5.74, 6) is 0.519. The van der Waals surface area contributed by atoms with Crippen molar-refractivity contribution < 1.29 is 0 Å². The summed E-state index contributed by atoms with van der Waals surface area (Å²) in [7, 11) is 1.90. The van der Waals surface area contributed by atoms with Gasteiger partial charge in [-0.25, -0.2) is 0 Å². The average Bonchev–Trinajstić information content (AvgIpc) is 3.09. The van der Waals surface area contributed by atoms with Gasteiger partial charge in [0.25, 0.3) is 0 Å². The Balaban J connectivity index is 1.92. The fraction of sp³-hybridized carbons (Fsp3) is 0.417. The molecule has 3 heterocycles. The molecule has 0 amide bonds. The van der Waals surface area contributed by atoms with E-state index in [2.05, 4.69) is 25.8 Å². The predicted molar refractivity (Wildman–Crippen MR) is 72.9 cm³/mol. The van der Waals surface area contributed by atoms with Crippen LogP contribution in [0.4, 0.5) is 5.69 Å². The Hall–Kier alpha value is -1.53. The summed E-state index contributed by atoms with van der Waals surface area (Å²) in [6.07, 6.45) is 4.77. The van der Waals surface area contributed by atoms with Crippen molar-refractivity contribution in [3.63, 3.8) is 0 Å². The first-order chi connectivity index (χ1) is 8.88. The Labute approximate surface area is 110 Å². The van der Waals surface area contributed by atoms with Gasteiger partial charge in [0.2, 0.25) is 0 Å². The van der Waals surface area contributed by atoms with Crippen LogP contribution in [-0.4, -0.2) is 35.3 Å². The van der Waals surface area contributed by atoms with E-state index in [1.54, 1.807) is 17.5 Å². The number of aromatic nitrogens is 3. The lowest BCUT2D eigenvalue weighted by Gasteiger charge is -2.04. The van der Waals surface area contributed by atoms with E-state index in [-0.39, 0.29) is 0 Å². The highest BCUT2D eigenvalue weighted by Crippen LogP contribution is 2.33. The third-order valence-corrected chi connectivity index (χ3v) is 4.29. The normalized spacial score (nSPS) is 19.1. The predicted octanol–water partition coefficient (Wildman–Crippen LogP) is 1.72. The lowest BCUT2D eigenvalue weighted by Crippen LogP contribution is -2.07. The smallest absolute Gasteiger partial charge is 0.151 e. The standard InChI is InChI=1S/C12H15N5S/c1-13-10-3-5-15-7-9(10)12-17-16-11(18-12)8-2-4-14-6-8/h3,5,7-8,14H,2,4,6H2,1H3,(H,13,15). The largest absolute Gasteiger partial charge is 0.387 e. The zero-order valence-electron chi connectivity index (χ0n) is 10.2. The van der Waals surface area contributed by atoms with E-state index in [1.807, 2.05) is 19.3 Å². The van der Waals surface area contributed by atoms with Gasteiger partial charge in [-0.15, -0.1) is 10.2 Å². The SMILES string of the molecule is CNc1ccncc1-c1nnc(C2CCNC2)s1. The van der Waals surface area contributed by atoms with E-state index >= 15 is 0 Å². The third-order valence-electron chi connectivity index (χ3n) is 3.17. The Morgan fingerprint density at radius 2 is 2.39 bits per heavy atom. The summed E-state index contributed by atoms with van der Waals surface area (Å²) in [5.41, 5.74) is 2.06. The van der Waals surface area contributed by atoms with Gasteiger partial charge in [-0.2, -0.15) is 0 Å². The van der Waals surface area contributed by atoms with E-state index in [1.165, 1.54) is 0 Å². The van der Waals surface area contributed by atoms with Gasteiger partial charge in [0.05, 0.1) is 5.56 Å². The maximum atomic E-state index is 4.32. The third kappa shape index (κ3) is 2.09. The molecule has 1 saturated heterocycles. The molecule has 2 aromatic heterocycles. The van der Waals surface area contributed by atoms with Crippen LogP contribution in [-0.2, 0) is 0 Å². The van der Waals surface area contributed by atoms with Gasteiger partial charge in [-0.05, 0) is 19.0 Å². The lowest BCUT2D eigenvalue weighted by atomic mass is 10.1. The van der Waals surface area contributed by atoms with Crippen LogP contribution in [0.3, 0.4) is 0 Å². The van der Waals surface area contributed by atoms with Crippen molar-refractivity contribution in [2.45, 2.75) is 12.3 Å². The van der Waals surface area contributed by atoms with Crippen molar-refractivity contribution in [1.82, 2.24) is 20.5 Å². The van der Waals surface area contributed by atoms with Gasteiger partial charge in [-0.3, -0.25) is 4.98 Å². The first-order valence-corrected chi connectivity index (χ1v) is 6.86. The quantitative estimate of drug-likeness (QED) is 0.881. The van der Waals surface area contributed by atoms with Crippen LogP contribution in [0.2, 0.25) is 0 Å². The van der Waals surface area contributed by atoms with Crippen molar-refractivity contribution in [2.75, 3.05) is 25.5 Å². The highest BCUT2D eigenvalue weighted by atomic mass is 32.1. The summed E-state index contributed by atoms with van der Waals surface area (Å²) in [6.45, 7) is 2.09. The minimum Gasteiger partial charge on any atom is -0.387 e. The molecule has 18 heavy (non-hydrogen) atoms. The fourth-order valence-electron chi connectivity index (χ4n) is 2.16. The molecule has 1 fully saturated rings. The molecule has 3 rings (SSSR count). The van der Waals surface area contributed by atoms with Gasteiger partial charge < -0.3 is 10.6 Å². The maximum absolute atomic E-state index is 4.32. The molecule has 1 unspecified atom stereocenters. The molecule has 94 valence electrons. The van der Waals surface area contributed by atoms with Crippen LogP contribution in [0.15, 0.2) is 18.5 Å². The second-order valence-corrected chi connectivity index (χ2v) is 5.32. The number of nitrogens with one attached hydrogen (secondary N) is 2. The first kappa shape index (κ1) is 11.6. The van der Waals surface area contributed by atoms with Crippen molar-refractivity contribution in [3.05, 3.63) is 23.5 Å². The number of pyridine rings is 1. The summed E-state index contributed by atoms with van der Waals surface area (Å²) in [5, 5.41) is 17.2. The molecule has 6 heteroatoms. The van der Waals surface area contributed by atoms with E-state index in [9.17, 15) is 0 Å². The summed E-state index contributed by atoms with van der Waals surface area (Å²) in [4.78, 5) is 4.16. The van der Waals surface area contributed by atoms with Crippen molar-refractivity contribution in [3.8, 4) is 10.6 Å². The van der Waals surface area contributed by atoms with Crippen LogP contribution in [0.1, 0.15) is 17.3 Å². The van der Waals surface area contributed by atoms with E-state index < -0.39 is 0 Å². The molecular formula is C12H15N5S. The van der Waals surface area contributed by atoms with Crippen LogP contribution in [0.25, 0.3) is 10.6 Å². The van der Waals surface area contributed by atoms with E-state index in [4.69, 9.17) is 0 Å². The second kappa shape index (κ2) is 4.99. The molecule has 2 N–H and O–H groups in total.